The van der Waals surface area contributed by atoms with Crippen molar-refractivity contribution in [2.24, 2.45) is 5.92 Å². The van der Waals surface area contributed by atoms with Crippen molar-refractivity contribution in [3.8, 4) is 0 Å². The quantitative estimate of drug-likeness (QED) is 0.365. The molecular weight excluding hydrogens is 376 g/mol. The first-order chi connectivity index (χ1) is 15.4. The number of rotatable bonds is 4. The second-order valence-corrected chi connectivity index (χ2v) is 8.55. The molecule has 31 heavy (non-hydrogen) atoms. The maximum atomic E-state index is 6.71. The molecule has 1 heterocycles. The van der Waals surface area contributed by atoms with Gasteiger partial charge in [-0.2, -0.15) is 0 Å². The molecule has 1 saturated carbocycles. The molecule has 4 aromatic rings. The molecule has 4 aromatic carbocycles. The van der Waals surface area contributed by atoms with Crippen LogP contribution < -0.4 is 0 Å². The Balaban J connectivity index is 1.63. The van der Waals surface area contributed by atoms with Gasteiger partial charge in [-0.1, -0.05) is 121 Å². The predicted octanol–water partition coefficient (Wildman–Crippen LogP) is 6.83. The van der Waals surface area contributed by atoms with Crippen LogP contribution in [0.25, 0.3) is 0 Å². The van der Waals surface area contributed by atoms with E-state index in [0.29, 0.717) is 5.92 Å². The number of ether oxygens (including phenoxy) is 1. The van der Waals surface area contributed by atoms with Crippen LogP contribution >= 0.6 is 0 Å². The van der Waals surface area contributed by atoms with Crippen LogP contribution in [0.5, 0.6) is 0 Å². The third-order valence-electron chi connectivity index (χ3n) is 7.13. The van der Waals surface area contributed by atoms with E-state index in [1.165, 1.54) is 22.3 Å². The van der Waals surface area contributed by atoms with Gasteiger partial charge in [0.15, 0.2) is 5.60 Å². The Morgan fingerprint density at radius 2 is 0.968 bits per heavy atom. The molecule has 6 rings (SSSR count). The second kappa shape index (κ2) is 6.99. The fraction of sp³-hybridized carbons (Fsp3) is 0.133. The highest BCUT2D eigenvalue weighted by molar-refractivity contribution is 5.58. The lowest BCUT2D eigenvalue weighted by Gasteiger charge is -2.39. The molecule has 0 spiro atoms. The average molecular weight is 401 g/mol. The van der Waals surface area contributed by atoms with Crippen molar-refractivity contribution < 1.29 is 4.74 Å². The normalized spacial score (nSPS) is 25.3. The van der Waals surface area contributed by atoms with Crippen molar-refractivity contribution in [1.82, 2.24) is 0 Å². The highest BCUT2D eigenvalue weighted by Crippen LogP contribution is 2.75. The Morgan fingerprint density at radius 3 is 1.48 bits per heavy atom. The SMILES string of the molecule is C1=C[C@@]2(c3ccccc3)[C@H]([C@@H]2c2ccccc2)C(c2ccccc2)(c2ccccc2)O1. The summed E-state index contributed by atoms with van der Waals surface area (Å²) in [6, 6.07) is 43.3. The first-order valence-electron chi connectivity index (χ1n) is 10.9. The van der Waals surface area contributed by atoms with Crippen LogP contribution in [-0.4, -0.2) is 0 Å². The van der Waals surface area contributed by atoms with Gasteiger partial charge < -0.3 is 4.74 Å². The van der Waals surface area contributed by atoms with Gasteiger partial charge in [0.1, 0.15) is 0 Å². The summed E-state index contributed by atoms with van der Waals surface area (Å²) in [5.74, 6) is 0.579. The Morgan fingerprint density at radius 1 is 0.516 bits per heavy atom. The zero-order chi connectivity index (χ0) is 20.7. The van der Waals surface area contributed by atoms with E-state index in [1.807, 2.05) is 6.26 Å². The summed E-state index contributed by atoms with van der Waals surface area (Å²) < 4.78 is 6.71. The summed E-state index contributed by atoms with van der Waals surface area (Å²) in [7, 11) is 0. The van der Waals surface area contributed by atoms with Crippen molar-refractivity contribution in [1.29, 1.82) is 0 Å². The van der Waals surface area contributed by atoms with Crippen LogP contribution in [-0.2, 0) is 15.8 Å². The van der Waals surface area contributed by atoms with Crippen LogP contribution in [0.2, 0.25) is 0 Å². The molecule has 2 aliphatic rings. The van der Waals surface area contributed by atoms with Crippen LogP contribution in [0.3, 0.4) is 0 Å². The van der Waals surface area contributed by atoms with E-state index in [9.17, 15) is 0 Å². The van der Waals surface area contributed by atoms with Gasteiger partial charge in [0, 0.05) is 28.4 Å². The van der Waals surface area contributed by atoms with Crippen LogP contribution in [0, 0.1) is 5.92 Å². The summed E-state index contributed by atoms with van der Waals surface area (Å²) in [6.45, 7) is 0. The molecule has 0 unspecified atom stereocenters. The van der Waals surface area contributed by atoms with E-state index in [-0.39, 0.29) is 11.3 Å². The summed E-state index contributed by atoms with van der Waals surface area (Å²) in [4.78, 5) is 0. The molecule has 150 valence electrons. The molecule has 0 saturated heterocycles. The monoisotopic (exact) mass is 400 g/mol. The van der Waals surface area contributed by atoms with Gasteiger partial charge >= 0.3 is 0 Å². The molecule has 1 aliphatic heterocycles. The largest absolute Gasteiger partial charge is 0.485 e. The van der Waals surface area contributed by atoms with Gasteiger partial charge in [-0.15, -0.1) is 0 Å². The fourth-order valence-corrected chi connectivity index (χ4v) is 5.86. The minimum Gasteiger partial charge on any atom is -0.485 e. The Bertz CT molecular complexity index is 1160. The summed E-state index contributed by atoms with van der Waals surface area (Å²) >= 11 is 0. The van der Waals surface area contributed by atoms with Gasteiger partial charge in [-0.3, -0.25) is 0 Å². The van der Waals surface area contributed by atoms with Crippen LogP contribution in [0.4, 0.5) is 0 Å². The molecular formula is C30H24O. The van der Waals surface area contributed by atoms with Gasteiger partial charge in [0.2, 0.25) is 0 Å². The van der Waals surface area contributed by atoms with Crippen molar-refractivity contribution in [3.63, 3.8) is 0 Å². The van der Waals surface area contributed by atoms with Gasteiger partial charge in [0.25, 0.3) is 0 Å². The third-order valence-corrected chi connectivity index (χ3v) is 7.13. The van der Waals surface area contributed by atoms with E-state index in [4.69, 9.17) is 4.74 Å². The highest BCUT2D eigenvalue weighted by Gasteiger charge is 2.74. The molecule has 0 bridgehead atoms. The molecule has 0 radical (unpaired) electrons. The zero-order valence-electron chi connectivity index (χ0n) is 17.3. The van der Waals surface area contributed by atoms with Crippen LogP contribution in [0.1, 0.15) is 28.2 Å². The first kappa shape index (κ1) is 18.2. The molecule has 3 atom stereocenters. The zero-order valence-corrected chi connectivity index (χ0v) is 17.3. The molecule has 1 fully saturated rings. The number of fused-ring (bicyclic) bond motifs is 1. The maximum Gasteiger partial charge on any atom is 0.163 e. The minimum atomic E-state index is -0.548. The van der Waals surface area contributed by atoms with E-state index in [1.54, 1.807) is 0 Å². The lowest BCUT2D eigenvalue weighted by atomic mass is 9.76. The second-order valence-electron chi connectivity index (χ2n) is 8.55. The van der Waals surface area contributed by atoms with E-state index < -0.39 is 5.60 Å². The summed E-state index contributed by atoms with van der Waals surface area (Å²) in [6.07, 6.45) is 4.25. The number of allylic oxidation sites excluding steroid dienone is 1. The molecule has 0 amide bonds. The smallest absolute Gasteiger partial charge is 0.163 e. The number of hydrogen-bond donors (Lipinski definition) is 0. The van der Waals surface area contributed by atoms with Gasteiger partial charge in [-0.25, -0.2) is 0 Å². The van der Waals surface area contributed by atoms with E-state index in [2.05, 4.69) is 127 Å². The van der Waals surface area contributed by atoms with Gasteiger partial charge in [0.05, 0.1) is 6.26 Å². The van der Waals surface area contributed by atoms with E-state index >= 15 is 0 Å². The first-order valence-corrected chi connectivity index (χ1v) is 10.9. The van der Waals surface area contributed by atoms with Crippen molar-refractivity contribution in [3.05, 3.63) is 156 Å². The molecule has 0 N–H and O–H groups in total. The van der Waals surface area contributed by atoms with Crippen molar-refractivity contribution in [2.75, 3.05) is 0 Å². The third kappa shape index (κ3) is 2.56. The lowest BCUT2D eigenvalue weighted by Crippen LogP contribution is -2.37. The summed E-state index contributed by atoms with van der Waals surface area (Å²) in [5, 5.41) is 0. The summed E-state index contributed by atoms with van der Waals surface area (Å²) in [5.41, 5.74) is 4.47. The van der Waals surface area contributed by atoms with E-state index in [0.717, 1.165) is 0 Å². The molecule has 1 heteroatoms. The highest BCUT2D eigenvalue weighted by atomic mass is 16.5. The topological polar surface area (TPSA) is 9.23 Å². The average Bonchev–Trinajstić information content (AvgIpc) is 3.57. The fourth-order valence-electron chi connectivity index (χ4n) is 5.86. The van der Waals surface area contributed by atoms with Gasteiger partial charge in [-0.05, 0) is 17.2 Å². The van der Waals surface area contributed by atoms with Crippen LogP contribution in [0.15, 0.2) is 134 Å². The number of hydrogen-bond acceptors (Lipinski definition) is 1. The minimum absolute atomic E-state index is 0.105. The molecule has 0 aromatic heterocycles. The Kier molecular flexibility index (Phi) is 4.11. The molecule has 1 nitrogen and oxygen atoms in total. The standard InChI is InChI=1S/C30H24O/c1-5-13-23(14-6-1)27-28-29(27,24-15-7-2-8-16-24)21-22-31-30(28,25-17-9-3-10-18-25)26-19-11-4-12-20-26/h1-22,27-28H/t27-,28-,29-/m0/s1. The predicted molar refractivity (Wildman–Crippen MR) is 125 cm³/mol. The van der Waals surface area contributed by atoms with Crippen molar-refractivity contribution >= 4 is 0 Å². The number of benzene rings is 4. The Hall–Kier alpha value is -3.58. The lowest BCUT2D eigenvalue weighted by molar-refractivity contribution is 0.0186. The molecule has 1 aliphatic carbocycles. The maximum absolute atomic E-state index is 6.71. The van der Waals surface area contributed by atoms with Crippen molar-refractivity contribution in [2.45, 2.75) is 16.9 Å². The Labute approximate surface area is 183 Å².